The van der Waals surface area contributed by atoms with E-state index in [2.05, 4.69) is 0 Å². The first kappa shape index (κ1) is 12.2. The van der Waals surface area contributed by atoms with E-state index in [1.165, 1.54) is 19.2 Å². The number of nitrogens with zero attached hydrogens (tertiary/aromatic N) is 1. The molecule has 0 atom stereocenters. The van der Waals surface area contributed by atoms with Crippen molar-refractivity contribution in [3.63, 3.8) is 0 Å². The quantitative estimate of drug-likeness (QED) is 0.406. The van der Waals surface area contributed by atoms with Crippen molar-refractivity contribution in [1.29, 1.82) is 0 Å². The average Bonchev–Trinajstić information content (AvgIpc) is 2.46. The summed E-state index contributed by atoms with van der Waals surface area (Å²) in [6.45, 7) is 0. The van der Waals surface area contributed by atoms with Gasteiger partial charge in [0.25, 0.3) is 5.69 Å². The number of rotatable bonds is 2. The van der Waals surface area contributed by atoms with Crippen molar-refractivity contribution in [1.82, 2.24) is 0 Å². The average molecular weight is 271 g/mol. The van der Waals surface area contributed by atoms with Gasteiger partial charge in [0.1, 0.15) is 5.58 Å². The standard InChI is InChI=1S/C14H9NO5/c1-19-12-7-8(15(17)18)6-10-13(16)9-4-2-3-5-11(9)20-14(10)12/h2-7H,1H3. The molecule has 6 heteroatoms. The maximum absolute atomic E-state index is 12.4. The zero-order chi connectivity index (χ0) is 14.3. The first-order chi connectivity index (χ1) is 9.61. The third-order valence-corrected chi connectivity index (χ3v) is 3.06. The molecule has 0 spiro atoms. The molecule has 0 aliphatic heterocycles. The van der Waals surface area contributed by atoms with Crippen LogP contribution >= 0.6 is 0 Å². The van der Waals surface area contributed by atoms with E-state index in [9.17, 15) is 14.9 Å². The third-order valence-electron chi connectivity index (χ3n) is 3.06. The molecule has 0 radical (unpaired) electrons. The van der Waals surface area contributed by atoms with Crippen molar-refractivity contribution in [3.05, 3.63) is 56.7 Å². The van der Waals surface area contributed by atoms with E-state index in [1.807, 2.05) is 0 Å². The molecule has 3 aromatic rings. The maximum atomic E-state index is 12.4. The first-order valence-electron chi connectivity index (χ1n) is 5.80. The minimum atomic E-state index is -0.573. The van der Waals surface area contributed by atoms with E-state index >= 15 is 0 Å². The normalized spacial score (nSPS) is 10.8. The molecule has 0 aliphatic rings. The number of hydrogen-bond donors (Lipinski definition) is 0. The van der Waals surface area contributed by atoms with E-state index in [1.54, 1.807) is 24.3 Å². The Bertz CT molecular complexity index is 897. The van der Waals surface area contributed by atoms with Crippen molar-refractivity contribution in [2.75, 3.05) is 7.11 Å². The molecule has 0 fully saturated rings. The molecule has 1 aromatic heterocycles. The van der Waals surface area contributed by atoms with Crippen molar-refractivity contribution in [2.45, 2.75) is 0 Å². The van der Waals surface area contributed by atoms with Crippen molar-refractivity contribution in [2.24, 2.45) is 0 Å². The van der Waals surface area contributed by atoms with Crippen LogP contribution in [0.25, 0.3) is 21.9 Å². The van der Waals surface area contributed by atoms with Crippen LogP contribution in [0.4, 0.5) is 5.69 Å². The Balaban J connectivity index is 2.54. The Morgan fingerprint density at radius 3 is 2.65 bits per heavy atom. The monoisotopic (exact) mass is 271 g/mol. The first-order valence-corrected chi connectivity index (χ1v) is 5.80. The molecule has 20 heavy (non-hydrogen) atoms. The van der Waals surface area contributed by atoms with Gasteiger partial charge in [-0.25, -0.2) is 0 Å². The predicted octanol–water partition coefficient (Wildman–Crippen LogP) is 2.86. The summed E-state index contributed by atoms with van der Waals surface area (Å²) >= 11 is 0. The number of non-ortho nitro benzene ring substituents is 1. The molecular formula is C14H9NO5. The number of benzene rings is 2. The fraction of sp³-hybridized carbons (Fsp3) is 0.0714. The highest BCUT2D eigenvalue weighted by Crippen LogP contribution is 2.31. The zero-order valence-corrected chi connectivity index (χ0v) is 10.5. The predicted molar refractivity (Wildman–Crippen MR) is 73.2 cm³/mol. The van der Waals surface area contributed by atoms with Gasteiger partial charge in [0.05, 0.1) is 28.9 Å². The number of fused-ring (bicyclic) bond motifs is 2. The SMILES string of the molecule is COc1cc([N+](=O)[O-])cc2c(=O)c3ccccc3oc12. The van der Waals surface area contributed by atoms with Gasteiger partial charge in [-0.05, 0) is 12.1 Å². The van der Waals surface area contributed by atoms with Crippen LogP contribution in [-0.2, 0) is 0 Å². The van der Waals surface area contributed by atoms with Crippen LogP contribution in [0.15, 0.2) is 45.6 Å². The van der Waals surface area contributed by atoms with Crippen LogP contribution in [0.5, 0.6) is 5.75 Å². The minimum absolute atomic E-state index is 0.134. The Kier molecular flexibility index (Phi) is 2.64. The highest BCUT2D eigenvalue weighted by atomic mass is 16.6. The third kappa shape index (κ3) is 1.70. The Labute approximate surface area is 112 Å². The molecule has 6 nitrogen and oxygen atoms in total. The number of nitro groups is 1. The molecule has 0 bridgehead atoms. The van der Waals surface area contributed by atoms with Gasteiger partial charge in [0.15, 0.2) is 11.3 Å². The Morgan fingerprint density at radius 1 is 1.20 bits per heavy atom. The Hall–Kier alpha value is -2.89. The summed E-state index contributed by atoms with van der Waals surface area (Å²) < 4.78 is 10.7. The fourth-order valence-electron chi connectivity index (χ4n) is 2.12. The molecule has 0 saturated heterocycles. The van der Waals surface area contributed by atoms with Crippen molar-refractivity contribution < 1.29 is 14.1 Å². The number of ether oxygens (including phenoxy) is 1. The zero-order valence-electron chi connectivity index (χ0n) is 10.5. The van der Waals surface area contributed by atoms with Crippen LogP contribution in [0.1, 0.15) is 0 Å². The van der Waals surface area contributed by atoms with Gasteiger partial charge in [0, 0.05) is 6.07 Å². The minimum Gasteiger partial charge on any atom is -0.493 e. The highest BCUT2D eigenvalue weighted by molar-refractivity contribution is 5.93. The van der Waals surface area contributed by atoms with E-state index in [4.69, 9.17) is 9.15 Å². The molecule has 0 aliphatic carbocycles. The summed E-state index contributed by atoms with van der Waals surface area (Å²) in [6, 6.07) is 9.17. The molecule has 100 valence electrons. The van der Waals surface area contributed by atoms with E-state index in [-0.39, 0.29) is 27.8 Å². The largest absolute Gasteiger partial charge is 0.493 e. The lowest BCUT2D eigenvalue weighted by Crippen LogP contribution is -2.04. The molecule has 0 N–H and O–H groups in total. The van der Waals surface area contributed by atoms with Crippen molar-refractivity contribution >= 4 is 27.6 Å². The van der Waals surface area contributed by atoms with Gasteiger partial charge in [0.2, 0.25) is 5.43 Å². The second kappa shape index (κ2) is 4.34. The molecule has 3 rings (SSSR count). The summed E-state index contributed by atoms with van der Waals surface area (Å²) in [5, 5.41) is 11.4. The van der Waals surface area contributed by atoms with Gasteiger partial charge in [-0.15, -0.1) is 0 Å². The van der Waals surface area contributed by atoms with E-state index in [0.717, 1.165) is 0 Å². The lowest BCUT2D eigenvalue weighted by atomic mass is 10.1. The summed E-state index contributed by atoms with van der Waals surface area (Å²) in [4.78, 5) is 22.7. The number of hydrogen-bond acceptors (Lipinski definition) is 5. The van der Waals surface area contributed by atoms with Gasteiger partial charge in [-0.1, -0.05) is 12.1 Å². The topological polar surface area (TPSA) is 82.6 Å². The van der Waals surface area contributed by atoms with Gasteiger partial charge in [-0.2, -0.15) is 0 Å². The number of nitro benzene ring substituents is 1. The van der Waals surface area contributed by atoms with Gasteiger partial charge in [-0.3, -0.25) is 14.9 Å². The number of methoxy groups -OCH3 is 1. The van der Waals surface area contributed by atoms with Gasteiger partial charge >= 0.3 is 0 Å². The molecule has 0 amide bonds. The fourth-order valence-corrected chi connectivity index (χ4v) is 2.12. The lowest BCUT2D eigenvalue weighted by Gasteiger charge is -2.06. The van der Waals surface area contributed by atoms with E-state index < -0.39 is 4.92 Å². The van der Waals surface area contributed by atoms with Crippen LogP contribution in [-0.4, -0.2) is 12.0 Å². The molecule has 2 aromatic carbocycles. The summed E-state index contributed by atoms with van der Waals surface area (Å²) in [5.74, 6) is 0.164. The van der Waals surface area contributed by atoms with Crippen molar-refractivity contribution in [3.8, 4) is 5.75 Å². The molecule has 0 unspecified atom stereocenters. The highest BCUT2D eigenvalue weighted by Gasteiger charge is 2.17. The van der Waals surface area contributed by atoms with Crippen LogP contribution < -0.4 is 10.2 Å². The second-order valence-corrected chi connectivity index (χ2v) is 4.21. The summed E-state index contributed by atoms with van der Waals surface area (Å²) in [7, 11) is 1.37. The Morgan fingerprint density at radius 2 is 1.95 bits per heavy atom. The second-order valence-electron chi connectivity index (χ2n) is 4.21. The molecular weight excluding hydrogens is 262 g/mol. The molecule has 1 heterocycles. The van der Waals surface area contributed by atoms with Gasteiger partial charge < -0.3 is 9.15 Å². The maximum Gasteiger partial charge on any atom is 0.274 e. The van der Waals surface area contributed by atoms with Crippen LogP contribution in [0, 0.1) is 10.1 Å². The smallest absolute Gasteiger partial charge is 0.274 e. The molecule has 0 saturated carbocycles. The van der Waals surface area contributed by atoms with Crippen LogP contribution in [0.2, 0.25) is 0 Å². The summed E-state index contributed by atoms with van der Waals surface area (Å²) in [5.41, 5.74) is 0.0970. The summed E-state index contributed by atoms with van der Waals surface area (Å²) in [6.07, 6.45) is 0. The number of para-hydroxylation sites is 1. The lowest BCUT2D eigenvalue weighted by molar-refractivity contribution is -0.384. The van der Waals surface area contributed by atoms with E-state index in [0.29, 0.717) is 11.0 Å². The van der Waals surface area contributed by atoms with Crippen LogP contribution in [0.3, 0.4) is 0 Å².